The first-order chi connectivity index (χ1) is 13.3. The predicted octanol–water partition coefficient (Wildman–Crippen LogP) is 3.69. The second kappa shape index (κ2) is 10.9. The zero-order valence-corrected chi connectivity index (χ0v) is 17.0. The number of hydrogen-bond acceptors (Lipinski definition) is 5. The van der Waals surface area contributed by atoms with Crippen molar-refractivity contribution in [3.63, 3.8) is 0 Å². The summed E-state index contributed by atoms with van der Waals surface area (Å²) in [5, 5.41) is 0. The molecule has 0 amide bonds. The fourth-order valence-electron chi connectivity index (χ4n) is 4.30. The Labute approximate surface area is 163 Å². The van der Waals surface area contributed by atoms with Crippen molar-refractivity contribution in [3.05, 3.63) is 23.8 Å². The highest BCUT2D eigenvalue weighted by atomic mass is 16.5. The lowest BCUT2D eigenvalue weighted by molar-refractivity contribution is -0.0660. The number of unbranched alkanes of at least 4 members (excludes halogenated alkanes) is 1. The SMILES string of the molecule is COc1ccc(CCCCO[C@H]2CCCC[C@@H]2N2CCOCC2)cc1OC. The number of aryl methyl sites for hydroxylation is 1. The highest BCUT2D eigenvalue weighted by molar-refractivity contribution is 5.42. The van der Waals surface area contributed by atoms with Crippen LogP contribution in [0.4, 0.5) is 0 Å². The Kier molecular flexibility index (Phi) is 8.24. The van der Waals surface area contributed by atoms with Crippen LogP contribution in [0.2, 0.25) is 0 Å². The Morgan fingerprint density at radius 3 is 2.56 bits per heavy atom. The van der Waals surface area contributed by atoms with E-state index < -0.39 is 0 Å². The van der Waals surface area contributed by atoms with Crippen molar-refractivity contribution in [2.24, 2.45) is 0 Å². The van der Waals surface area contributed by atoms with E-state index >= 15 is 0 Å². The zero-order chi connectivity index (χ0) is 18.9. The summed E-state index contributed by atoms with van der Waals surface area (Å²) >= 11 is 0. The van der Waals surface area contributed by atoms with Crippen LogP contribution in [0.15, 0.2) is 18.2 Å². The van der Waals surface area contributed by atoms with E-state index in [2.05, 4.69) is 17.0 Å². The average molecular weight is 378 g/mol. The fourth-order valence-corrected chi connectivity index (χ4v) is 4.30. The molecule has 0 N–H and O–H groups in total. The number of rotatable bonds is 9. The lowest BCUT2D eigenvalue weighted by Crippen LogP contribution is -2.51. The molecule has 0 spiro atoms. The van der Waals surface area contributed by atoms with Crippen LogP contribution >= 0.6 is 0 Å². The van der Waals surface area contributed by atoms with Crippen LogP contribution in [0.3, 0.4) is 0 Å². The lowest BCUT2D eigenvalue weighted by Gasteiger charge is -2.41. The van der Waals surface area contributed by atoms with Gasteiger partial charge in [-0.05, 0) is 49.8 Å². The van der Waals surface area contributed by atoms with Gasteiger partial charge < -0.3 is 18.9 Å². The predicted molar refractivity (Wildman–Crippen MR) is 107 cm³/mol. The molecule has 5 nitrogen and oxygen atoms in total. The van der Waals surface area contributed by atoms with Crippen molar-refractivity contribution in [1.29, 1.82) is 0 Å². The maximum Gasteiger partial charge on any atom is 0.160 e. The second-order valence-corrected chi connectivity index (χ2v) is 7.56. The molecule has 152 valence electrons. The molecular formula is C22H35NO4. The van der Waals surface area contributed by atoms with Gasteiger partial charge in [0.25, 0.3) is 0 Å². The first kappa shape index (κ1) is 20.4. The molecule has 1 aromatic carbocycles. The van der Waals surface area contributed by atoms with Gasteiger partial charge in [0.05, 0.1) is 33.5 Å². The van der Waals surface area contributed by atoms with Crippen LogP contribution in [0.5, 0.6) is 11.5 Å². The molecule has 1 aliphatic heterocycles. The van der Waals surface area contributed by atoms with Gasteiger partial charge >= 0.3 is 0 Å². The van der Waals surface area contributed by atoms with Gasteiger partial charge in [0.2, 0.25) is 0 Å². The number of benzene rings is 1. The molecule has 1 aromatic rings. The Morgan fingerprint density at radius 1 is 1.00 bits per heavy atom. The van der Waals surface area contributed by atoms with E-state index in [1.54, 1.807) is 14.2 Å². The molecule has 1 saturated heterocycles. The number of nitrogens with zero attached hydrogens (tertiary/aromatic N) is 1. The highest BCUT2D eigenvalue weighted by Gasteiger charge is 2.31. The standard InChI is InChI=1S/C22H35NO4/c1-24-21-11-10-18(17-22(21)25-2)7-5-6-14-27-20-9-4-3-8-19(20)23-12-15-26-16-13-23/h10-11,17,19-20H,3-9,12-16H2,1-2H3/t19-,20-/m0/s1. The Bertz CT molecular complexity index is 559. The Balaban J connectivity index is 1.40. The molecule has 0 radical (unpaired) electrons. The Hall–Kier alpha value is -1.30. The first-order valence-electron chi connectivity index (χ1n) is 10.5. The smallest absolute Gasteiger partial charge is 0.160 e. The molecule has 2 aliphatic rings. The third kappa shape index (κ3) is 5.84. The van der Waals surface area contributed by atoms with E-state index in [0.717, 1.165) is 63.7 Å². The quantitative estimate of drug-likeness (QED) is 0.614. The van der Waals surface area contributed by atoms with Crippen molar-refractivity contribution in [2.45, 2.75) is 57.1 Å². The van der Waals surface area contributed by atoms with Gasteiger partial charge in [0.15, 0.2) is 11.5 Å². The molecular weight excluding hydrogens is 342 g/mol. The molecule has 1 saturated carbocycles. The van der Waals surface area contributed by atoms with Gasteiger partial charge in [-0.1, -0.05) is 18.9 Å². The molecule has 27 heavy (non-hydrogen) atoms. The van der Waals surface area contributed by atoms with Gasteiger partial charge in [-0.3, -0.25) is 4.90 Å². The van der Waals surface area contributed by atoms with E-state index in [1.807, 2.05) is 6.07 Å². The van der Waals surface area contributed by atoms with Crippen LogP contribution in [0, 0.1) is 0 Å². The van der Waals surface area contributed by atoms with Gasteiger partial charge in [0, 0.05) is 25.7 Å². The molecule has 3 rings (SSSR count). The summed E-state index contributed by atoms with van der Waals surface area (Å²) in [6.45, 7) is 4.72. The van der Waals surface area contributed by atoms with Crippen molar-refractivity contribution in [2.75, 3.05) is 47.1 Å². The minimum atomic E-state index is 0.401. The molecule has 0 bridgehead atoms. The minimum absolute atomic E-state index is 0.401. The molecule has 1 aliphatic carbocycles. The van der Waals surface area contributed by atoms with Gasteiger partial charge in [-0.2, -0.15) is 0 Å². The summed E-state index contributed by atoms with van der Waals surface area (Å²) in [5.74, 6) is 1.60. The normalized spacial score (nSPS) is 23.9. The molecule has 1 heterocycles. The largest absolute Gasteiger partial charge is 0.493 e. The third-order valence-electron chi connectivity index (χ3n) is 5.82. The number of morpholine rings is 1. The van der Waals surface area contributed by atoms with Gasteiger partial charge in [-0.25, -0.2) is 0 Å². The number of ether oxygens (including phenoxy) is 4. The summed E-state index contributed by atoms with van der Waals surface area (Å²) in [6.07, 6.45) is 8.79. The van der Waals surface area contributed by atoms with Crippen molar-refractivity contribution >= 4 is 0 Å². The third-order valence-corrected chi connectivity index (χ3v) is 5.82. The van der Waals surface area contributed by atoms with Crippen LogP contribution in [0.25, 0.3) is 0 Å². The van der Waals surface area contributed by atoms with E-state index in [0.29, 0.717) is 12.1 Å². The van der Waals surface area contributed by atoms with Crippen LogP contribution in [-0.2, 0) is 15.9 Å². The van der Waals surface area contributed by atoms with Crippen molar-refractivity contribution in [1.82, 2.24) is 4.90 Å². The van der Waals surface area contributed by atoms with Gasteiger partial charge in [0.1, 0.15) is 0 Å². The topological polar surface area (TPSA) is 40.2 Å². The monoisotopic (exact) mass is 377 g/mol. The van der Waals surface area contributed by atoms with Crippen LogP contribution in [0.1, 0.15) is 44.1 Å². The molecule has 2 atom stereocenters. The second-order valence-electron chi connectivity index (χ2n) is 7.56. The van der Waals surface area contributed by atoms with Crippen LogP contribution < -0.4 is 9.47 Å². The minimum Gasteiger partial charge on any atom is -0.493 e. The van der Waals surface area contributed by atoms with E-state index in [4.69, 9.17) is 18.9 Å². The van der Waals surface area contributed by atoms with Crippen molar-refractivity contribution < 1.29 is 18.9 Å². The molecule has 5 heteroatoms. The van der Waals surface area contributed by atoms with E-state index in [9.17, 15) is 0 Å². The highest BCUT2D eigenvalue weighted by Crippen LogP contribution is 2.29. The summed E-state index contributed by atoms with van der Waals surface area (Å²) in [5.41, 5.74) is 1.29. The summed E-state index contributed by atoms with van der Waals surface area (Å²) in [7, 11) is 3.36. The zero-order valence-electron chi connectivity index (χ0n) is 17.0. The number of hydrogen-bond donors (Lipinski definition) is 0. The summed E-state index contributed by atoms with van der Waals surface area (Å²) in [4.78, 5) is 2.59. The maximum atomic E-state index is 6.34. The first-order valence-corrected chi connectivity index (χ1v) is 10.5. The van der Waals surface area contributed by atoms with E-state index in [-0.39, 0.29) is 0 Å². The number of methoxy groups -OCH3 is 2. The van der Waals surface area contributed by atoms with Gasteiger partial charge in [-0.15, -0.1) is 0 Å². The van der Waals surface area contributed by atoms with Crippen molar-refractivity contribution in [3.8, 4) is 11.5 Å². The fraction of sp³-hybridized carbons (Fsp3) is 0.727. The Morgan fingerprint density at radius 2 is 1.78 bits per heavy atom. The lowest BCUT2D eigenvalue weighted by atomic mass is 9.91. The van der Waals surface area contributed by atoms with Crippen LogP contribution in [-0.4, -0.2) is 64.2 Å². The molecule has 2 fully saturated rings. The van der Waals surface area contributed by atoms with E-state index in [1.165, 1.54) is 31.2 Å². The summed E-state index contributed by atoms with van der Waals surface area (Å²) < 4.78 is 22.5. The average Bonchev–Trinajstić information content (AvgIpc) is 2.74. The molecule has 0 unspecified atom stereocenters. The summed E-state index contributed by atoms with van der Waals surface area (Å²) in [6, 6.07) is 6.78. The molecule has 0 aromatic heterocycles. The maximum absolute atomic E-state index is 6.34.